The normalized spacial score (nSPS) is 23.7. The molecule has 1 saturated heterocycles. The van der Waals surface area contributed by atoms with Gasteiger partial charge in [-0.15, -0.1) is 11.3 Å². The Morgan fingerprint density at radius 1 is 1.29 bits per heavy atom. The highest BCUT2D eigenvalue weighted by Gasteiger charge is 2.25. The van der Waals surface area contributed by atoms with Gasteiger partial charge in [0.2, 0.25) is 0 Å². The summed E-state index contributed by atoms with van der Waals surface area (Å²) in [5, 5.41) is 3.09. The number of aromatic nitrogens is 2. The summed E-state index contributed by atoms with van der Waals surface area (Å²) < 4.78 is 0. The smallest absolute Gasteiger partial charge is 0.186 e. The van der Waals surface area contributed by atoms with Crippen molar-refractivity contribution in [1.82, 2.24) is 9.97 Å². The summed E-state index contributed by atoms with van der Waals surface area (Å²) >= 11 is 1.65. The molecule has 0 amide bonds. The molecule has 1 aliphatic carbocycles. The van der Waals surface area contributed by atoms with Crippen LogP contribution in [0.15, 0.2) is 23.8 Å². The second kappa shape index (κ2) is 8.70. The number of hydrogen-bond acceptors (Lipinski definition) is 6. The predicted molar refractivity (Wildman–Crippen MR) is 114 cm³/mol. The van der Waals surface area contributed by atoms with Gasteiger partial charge in [-0.3, -0.25) is 9.78 Å². The lowest BCUT2D eigenvalue weighted by atomic mass is 9.90. The van der Waals surface area contributed by atoms with E-state index in [1.165, 1.54) is 32.1 Å². The summed E-state index contributed by atoms with van der Waals surface area (Å²) in [5.41, 5.74) is 8.91. The Bertz CT molecular complexity index is 804. The van der Waals surface area contributed by atoms with E-state index in [4.69, 9.17) is 10.7 Å². The van der Waals surface area contributed by atoms with E-state index < -0.39 is 0 Å². The zero-order valence-corrected chi connectivity index (χ0v) is 17.5. The van der Waals surface area contributed by atoms with Crippen LogP contribution in [0.4, 0.5) is 5.69 Å². The van der Waals surface area contributed by atoms with Crippen molar-refractivity contribution in [2.45, 2.75) is 63.8 Å². The topological polar surface area (TPSA) is 72.1 Å². The molecule has 3 heterocycles. The zero-order chi connectivity index (χ0) is 19.5. The van der Waals surface area contributed by atoms with E-state index in [2.05, 4.69) is 16.8 Å². The zero-order valence-electron chi connectivity index (χ0n) is 16.6. The number of carbonyl (C=O) groups is 1. The van der Waals surface area contributed by atoms with Crippen molar-refractivity contribution >= 4 is 22.8 Å². The van der Waals surface area contributed by atoms with E-state index in [9.17, 15) is 4.79 Å². The van der Waals surface area contributed by atoms with E-state index in [1.807, 2.05) is 17.6 Å². The average Bonchev–Trinajstić information content (AvgIpc) is 3.19. The summed E-state index contributed by atoms with van der Waals surface area (Å²) in [6.45, 7) is 4.04. The largest absolute Gasteiger partial charge is 0.369 e. The number of hydrogen-bond donors (Lipinski definition) is 1. The fraction of sp³-hybridized carbons (Fsp3) is 0.591. The number of thiazole rings is 1. The molecule has 1 saturated carbocycles. The molecule has 0 radical (unpaired) electrons. The van der Waals surface area contributed by atoms with Gasteiger partial charge in [0.05, 0.1) is 5.01 Å². The second-order valence-corrected chi connectivity index (χ2v) is 9.41. The van der Waals surface area contributed by atoms with Gasteiger partial charge >= 0.3 is 0 Å². The molecule has 6 heteroatoms. The summed E-state index contributed by atoms with van der Waals surface area (Å²) in [6, 6.07) is 2.19. The summed E-state index contributed by atoms with van der Waals surface area (Å²) in [5.74, 6) is 1.18. The van der Waals surface area contributed by atoms with Crippen molar-refractivity contribution < 1.29 is 4.79 Å². The molecular weight excluding hydrogens is 368 g/mol. The molecule has 2 fully saturated rings. The molecule has 28 heavy (non-hydrogen) atoms. The summed E-state index contributed by atoms with van der Waals surface area (Å²) in [7, 11) is 0. The van der Waals surface area contributed by atoms with E-state index in [0.717, 1.165) is 35.8 Å². The first kappa shape index (κ1) is 19.5. The third-order valence-corrected chi connectivity index (χ3v) is 7.03. The number of nitrogens with zero attached hydrogens (tertiary/aromatic N) is 3. The Balaban J connectivity index is 1.48. The van der Waals surface area contributed by atoms with Crippen LogP contribution < -0.4 is 10.6 Å². The maximum Gasteiger partial charge on any atom is 0.186 e. The van der Waals surface area contributed by atoms with E-state index in [0.29, 0.717) is 24.0 Å². The fourth-order valence-electron chi connectivity index (χ4n) is 4.68. The minimum absolute atomic E-state index is 0.0851. The SMILES string of the molecule is CC1CC(N)CN(c2ccncc2CC(=O)c2csc(C3CCCCC3)n2)C1. The van der Waals surface area contributed by atoms with Crippen LogP contribution in [0, 0.1) is 5.92 Å². The van der Waals surface area contributed by atoms with Gasteiger partial charge in [0.15, 0.2) is 5.78 Å². The molecule has 0 aromatic carbocycles. The summed E-state index contributed by atoms with van der Waals surface area (Å²) in [4.78, 5) is 24.3. The van der Waals surface area contributed by atoms with E-state index >= 15 is 0 Å². The molecule has 0 bridgehead atoms. The monoisotopic (exact) mass is 398 g/mol. The molecule has 2 unspecified atom stereocenters. The molecule has 0 spiro atoms. The minimum Gasteiger partial charge on any atom is -0.369 e. The van der Waals surface area contributed by atoms with Crippen LogP contribution in [0.25, 0.3) is 0 Å². The molecule has 150 valence electrons. The number of rotatable bonds is 5. The molecular formula is C22H30N4OS. The number of nitrogens with two attached hydrogens (primary N) is 1. The second-order valence-electron chi connectivity index (χ2n) is 8.52. The number of piperidine rings is 1. The van der Waals surface area contributed by atoms with Crippen molar-refractivity contribution in [2.24, 2.45) is 11.7 Å². The van der Waals surface area contributed by atoms with Crippen molar-refractivity contribution in [1.29, 1.82) is 0 Å². The first-order valence-electron chi connectivity index (χ1n) is 10.5. The maximum absolute atomic E-state index is 12.9. The van der Waals surface area contributed by atoms with Gasteiger partial charge in [-0.25, -0.2) is 4.98 Å². The first-order valence-corrected chi connectivity index (χ1v) is 11.4. The Kier molecular flexibility index (Phi) is 6.07. The van der Waals surface area contributed by atoms with Gasteiger partial charge < -0.3 is 10.6 Å². The maximum atomic E-state index is 12.9. The number of carbonyl (C=O) groups excluding carboxylic acids is 1. The van der Waals surface area contributed by atoms with Crippen LogP contribution in [0.2, 0.25) is 0 Å². The summed E-state index contributed by atoms with van der Waals surface area (Å²) in [6.07, 6.45) is 11.3. The van der Waals surface area contributed by atoms with Crippen LogP contribution >= 0.6 is 11.3 Å². The number of anilines is 1. The van der Waals surface area contributed by atoms with Gasteiger partial charge in [0.25, 0.3) is 0 Å². The van der Waals surface area contributed by atoms with Crippen molar-refractivity contribution in [2.75, 3.05) is 18.0 Å². The quantitative estimate of drug-likeness (QED) is 0.765. The molecule has 5 nitrogen and oxygen atoms in total. The lowest BCUT2D eigenvalue weighted by Crippen LogP contribution is -2.46. The molecule has 1 aliphatic heterocycles. The molecule has 2 aliphatic rings. The number of ketones is 1. The van der Waals surface area contributed by atoms with Crippen LogP contribution in [0.3, 0.4) is 0 Å². The van der Waals surface area contributed by atoms with E-state index in [-0.39, 0.29) is 11.8 Å². The third-order valence-electron chi connectivity index (χ3n) is 6.02. The lowest BCUT2D eigenvalue weighted by Gasteiger charge is -2.37. The molecule has 2 aromatic rings. The van der Waals surface area contributed by atoms with E-state index in [1.54, 1.807) is 17.5 Å². The van der Waals surface area contributed by atoms with Gasteiger partial charge in [-0.1, -0.05) is 26.2 Å². The Hall–Kier alpha value is -1.79. The highest BCUT2D eigenvalue weighted by atomic mass is 32.1. The van der Waals surface area contributed by atoms with Gasteiger partial charge in [-0.2, -0.15) is 0 Å². The van der Waals surface area contributed by atoms with Crippen LogP contribution in [-0.2, 0) is 6.42 Å². The van der Waals surface area contributed by atoms with Crippen molar-refractivity contribution in [3.05, 3.63) is 40.1 Å². The highest BCUT2D eigenvalue weighted by Crippen LogP contribution is 2.34. The lowest BCUT2D eigenvalue weighted by molar-refractivity contribution is 0.0988. The molecule has 4 rings (SSSR count). The van der Waals surface area contributed by atoms with Crippen molar-refractivity contribution in [3.63, 3.8) is 0 Å². The van der Waals surface area contributed by atoms with Crippen LogP contribution in [-0.4, -0.2) is 34.9 Å². The Labute approximate surface area is 171 Å². The third kappa shape index (κ3) is 4.44. The van der Waals surface area contributed by atoms with Crippen LogP contribution in [0.1, 0.15) is 72.4 Å². The van der Waals surface area contributed by atoms with Crippen LogP contribution in [0.5, 0.6) is 0 Å². The number of pyridine rings is 1. The minimum atomic E-state index is 0.0851. The first-order chi connectivity index (χ1) is 13.6. The molecule has 2 N–H and O–H groups in total. The Morgan fingerprint density at radius 2 is 2.11 bits per heavy atom. The fourth-order valence-corrected chi connectivity index (χ4v) is 5.67. The predicted octanol–water partition coefficient (Wildman–Crippen LogP) is 4.18. The average molecular weight is 399 g/mol. The van der Waals surface area contributed by atoms with Gasteiger partial charge in [0, 0.05) is 60.5 Å². The molecule has 2 atom stereocenters. The number of Topliss-reactive ketones (excluding diaryl/α,β-unsaturated/α-hetero) is 1. The standard InChI is InChI=1S/C22H30N4OS/c1-15-9-18(23)13-26(12-15)20-7-8-24-11-17(20)10-21(27)19-14-28-22(25-19)16-5-3-2-4-6-16/h7-8,11,14-16,18H,2-6,9-10,12-13,23H2,1H3. The van der Waals surface area contributed by atoms with Gasteiger partial charge in [0.1, 0.15) is 5.69 Å². The highest BCUT2D eigenvalue weighted by molar-refractivity contribution is 7.09. The molecule has 2 aromatic heterocycles. The van der Waals surface area contributed by atoms with Gasteiger partial charge in [-0.05, 0) is 31.2 Å². The Morgan fingerprint density at radius 3 is 2.89 bits per heavy atom. The van der Waals surface area contributed by atoms with Crippen molar-refractivity contribution in [3.8, 4) is 0 Å².